The minimum Gasteiger partial charge on any atom is -0.366 e. The van der Waals surface area contributed by atoms with Gasteiger partial charge in [-0.3, -0.25) is 14.9 Å². The maximum Gasteiger partial charge on any atom is 0.269 e. The van der Waals surface area contributed by atoms with Crippen LogP contribution in [-0.2, 0) is 13.0 Å². The Kier molecular flexibility index (Phi) is 4.84. The van der Waals surface area contributed by atoms with E-state index in [0.29, 0.717) is 12.1 Å². The summed E-state index contributed by atoms with van der Waals surface area (Å²) in [7, 11) is 0. The van der Waals surface area contributed by atoms with Crippen LogP contribution in [0.15, 0.2) is 60.7 Å². The molecule has 2 N–H and O–H groups in total. The third-order valence-corrected chi connectivity index (χ3v) is 4.47. The van der Waals surface area contributed by atoms with Crippen LogP contribution in [0, 0.1) is 17.0 Å². The van der Waals surface area contributed by atoms with E-state index in [1.165, 1.54) is 17.7 Å². The molecule has 1 amide bonds. The summed E-state index contributed by atoms with van der Waals surface area (Å²) >= 11 is 0. The van der Waals surface area contributed by atoms with Crippen LogP contribution in [0.4, 0.5) is 5.69 Å². The Morgan fingerprint density at radius 1 is 1.12 bits per heavy atom. The van der Waals surface area contributed by atoms with Gasteiger partial charge in [0, 0.05) is 30.1 Å². The molecule has 0 aliphatic rings. The van der Waals surface area contributed by atoms with E-state index >= 15 is 0 Å². The maximum absolute atomic E-state index is 11.8. The number of benzene rings is 2. The lowest BCUT2D eigenvalue weighted by Gasteiger charge is -2.12. The van der Waals surface area contributed by atoms with Gasteiger partial charge in [0.1, 0.15) is 0 Å². The van der Waals surface area contributed by atoms with Crippen molar-refractivity contribution in [3.8, 4) is 11.3 Å². The lowest BCUT2D eigenvalue weighted by atomic mass is 10.1. The van der Waals surface area contributed by atoms with Gasteiger partial charge >= 0.3 is 0 Å². The molecule has 1 heterocycles. The molecule has 0 fully saturated rings. The van der Waals surface area contributed by atoms with E-state index in [1.54, 1.807) is 18.2 Å². The first kappa shape index (κ1) is 17.4. The quantitative estimate of drug-likeness (QED) is 0.543. The standard InChI is InChI=1S/C20H19N3O3/c1-14-18(20(21)24)13-19(16-7-9-17(10-8-16)23(25)26)22(14)12-11-15-5-3-2-4-6-15/h2-10,13H,11-12H2,1H3,(H2,21,24). The van der Waals surface area contributed by atoms with Crippen molar-refractivity contribution >= 4 is 11.6 Å². The molecule has 0 aliphatic heterocycles. The van der Waals surface area contributed by atoms with E-state index in [2.05, 4.69) is 12.1 Å². The van der Waals surface area contributed by atoms with Crippen molar-refractivity contribution in [2.24, 2.45) is 5.73 Å². The molecule has 0 bridgehead atoms. The molecule has 0 unspecified atom stereocenters. The molecule has 6 nitrogen and oxygen atoms in total. The summed E-state index contributed by atoms with van der Waals surface area (Å²) in [6.45, 7) is 2.54. The number of non-ortho nitro benzene ring substituents is 1. The van der Waals surface area contributed by atoms with Gasteiger partial charge in [0.2, 0.25) is 0 Å². The summed E-state index contributed by atoms with van der Waals surface area (Å²) in [6, 6.07) is 18.1. The van der Waals surface area contributed by atoms with Crippen LogP contribution in [0.25, 0.3) is 11.3 Å². The Bertz CT molecular complexity index is 944. The lowest BCUT2D eigenvalue weighted by Crippen LogP contribution is -2.13. The van der Waals surface area contributed by atoms with Crippen LogP contribution in [0.1, 0.15) is 21.6 Å². The Morgan fingerprint density at radius 3 is 2.35 bits per heavy atom. The smallest absolute Gasteiger partial charge is 0.269 e. The highest BCUT2D eigenvalue weighted by atomic mass is 16.6. The predicted octanol–water partition coefficient (Wildman–Crippen LogP) is 3.71. The number of aromatic nitrogens is 1. The topological polar surface area (TPSA) is 91.2 Å². The van der Waals surface area contributed by atoms with Crippen molar-refractivity contribution in [1.29, 1.82) is 0 Å². The molecule has 0 aliphatic carbocycles. The van der Waals surface area contributed by atoms with E-state index in [-0.39, 0.29) is 5.69 Å². The van der Waals surface area contributed by atoms with Gasteiger partial charge < -0.3 is 10.3 Å². The Hall–Kier alpha value is -3.41. The zero-order valence-corrected chi connectivity index (χ0v) is 14.4. The largest absolute Gasteiger partial charge is 0.366 e. The first-order chi connectivity index (χ1) is 12.5. The molecule has 3 rings (SSSR count). The number of hydrogen-bond donors (Lipinski definition) is 1. The summed E-state index contributed by atoms with van der Waals surface area (Å²) < 4.78 is 2.04. The molecule has 2 aromatic carbocycles. The van der Waals surface area contributed by atoms with Gasteiger partial charge in [-0.25, -0.2) is 0 Å². The van der Waals surface area contributed by atoms with Gasteiger partial charge in [-0.05, 0) is 42.7 Å². The third kappa shape index (κ3) is 3.49. The zero-order valence-electron chi connectivity index (χ0n) is 14.4. The highest BCUT2D eigenvalue weighted by Crippen LogP contribution is 2.28. The van der Waals surface area contributed by atoms with Crippen LogP contribution in [0.3, 0.4) is 0 Å². The molecule has 3 aromatic rings. The van der Waals surface area contributed by atoms with Gasteiger partial charge in [-0.2, -0.15) is 0 Å². The molecule has 1 aromatic heterocycles. The average Bonchev–Trinajstić information content (AvgIpc) is 2.97. The fourth-order valence-corrected chi connectivity index (χ4v) is 3.06. The monoisotopic (exact) mass is 349 g/mol. The first-order valence-corrected chi connectivity index (χ1v) is 8.26. The molecule has 132 valence electrons. The molecule has 6 heteroatoms. The van der Waals surface area contributed by atoms with Crippen LogP contribution in [0.2, 0.25) is 0 Å². The molecular formula is C20H19N3O3. The second kappa shape index (κ2) is 7.23. The van der Waals surface area contributed by atoms with Gasteiger partial charge in [0.25, 0.3) is 11.6 Å². The van der Waals surface area contributed by atoms with Gasteiger partial charge in [-0.1, -0.05) is 30.3 Å². The summed E-state index contributed by atoms with van der Waals surface area (Å²) in [5.74, 6) is -0.482. The Morgan fingerprint density at radius 2 is 1.77 bits per heavy atom. The molecular weight excluding hydrogens is 330 g/mol. The molecule has 0 spiro atoms. The van der Waals surface area contributed by atoms with Crippen molar-refractivity contribution in [3.63, 3.8) is 0 Å². The Balaban J connectivity index is 1.99. The minimum absolute atomic E-state index is 0.0305. The second-order valence-corrected chi connectivity index (χ2v) is 6.08. The van der Waals surface area contributed by atoms with Gasteiger partial charge in [0.05, 0.1) is 10.5 Å². The summed E-state index contributed by atoms with van der Waals surface area (Å²) in [5.41, 5.74) is 9.61. The predicted molar refractivity (Wildman–Crippen MR) is 99.9 cm³/mol. The Labute approximate surface area is 151 Å². The van der Waals surface area contributed by atoms with Crippen molar-refractivity contribution < 1.29 is 9.72 Å². The highest BCUT2D eigenvalue weighted by molar-refractivity contribution is 5.95. The fraction of sp³-hybridized carbons (Fsp3) is 0.150. The number of nitrogens with two attached hydrogens (primary N) is 1. The molecule has 0 saturated heterocycles. The average molecular weight is 349 g/mol. The van der Waals surface area contributed by atoms with E-state index in [9.17, 15) is 14.9 Å². The molecule has 0 saturated carbocycles. The number of primary amides is 1. The zero-order chi connectivity index (χ0) is 18.7. The summed E-state index contributed by atoms with van der Waals surface area (Å²) in [6.07, 6.45) is 0.800. The number of nitro benzene ring substituents is 1. The van der Waals surface area contributed by atoms with Crippen LogP contribution in [0.5, 0.6) is 0 Å². The van der Waals surface area contributed by atoms with Crippen molar-refractivity contribution in [3.05, 3.63) is 87.6 Å². The summed E-state index contributed by atoms with van der Waals surface area (Å²) in [4.78, 5) is 22.2. The summed E-state index contributed by atoms with van der Waals surface area (Å²) in [5, 5.41) is 10.9. The van der Waals surface area contributed by atoms with Crippen LogP contribution in [-0.4, -0.2) is 15.4 Å². The van der Waals surface area contributed by atoms with Crippen molar-refractivity contribution in [2.75, 3.05) is 0 Å². The fourth-order valence-electron chi connectivity index (χ4n) is 3.06. The number of hydrogen-bond acceptors (Lipinski definition) is 3. The minimum atomic E-state index is -0.482. The highest BCUT2D eigenvalue weighted by Gasteiger charge is 2.17. The molecule has 0 radical (unpaired) electrons. The number of carbonyl (C=O) groups is 1. The van der Waals surface area contributed by atoms with E-state index in [0.717, 1.165) is 23.4 Å². The van der Waals surface area contributed by atoms with Crippen molar-refractivity contribution in [2.45, 2.75) is 19.9 Å². The second-order valence-electron chi connectivity index (χ2n) is 6.08. The molecule has 0 atom stereocenters. The van der Waals surface area contributed by atoms with Crippen molar-refractivity contribution in [1.82, 2.24) is 4.57 Å². The number of nitro groups is 1. The number of amides is 1. The SMILES string of the molecule is Cc1c(C(N)=O)cc(-c2ccc([N+](=O)[O-])cc2)n1CCc1ccccc1. The lowest BCUT2D eigenvalue weighted by molar-refractivity contribution is -0.384. The van der Waals surface area contributed by atoms with Gasteiger partial charge in [0.15, 0.2) is 0 Å². The van der Waals surface area contributed by atoms with E-state index in [4.69, 9.17) is 5.73 Å². The van der Waals surface area contributed by atoms with E-state index < -0.39 is 10.8 Å². The number of rotatable bonds is 6. The third-order valence-electron chi connectivity index (χ3n) is 4.47. The van der Waals surface area contributed by atoms with Gasteiger partial charge in [-0.15, -0.1) is 0 Å². The van der Waals surface area contributed by atoms with Crippen LogP contribution >= 0.6 is 0 Å². The number of carbonyl (C=O) groups excluding carboxylic acids is 1. The van der Waals surface area contributed by atoms with E-state index in [1.807, 2.05) is 29.7 Å². The normalized spacial score (nSPS) is 10.7. The van der Waals surface area contributed by atoms with Crippen LogP contribution < -0.4 is 5.73 Å². The first-order valence-electron chi connectivity index (χ1n) is 8.26. The number of aryl methyl sites for hydroxylation is 1. The number of nitrogens with zero attached hydrogens (tertiary/aromatic N) is 2. The maximum atomic E-state index is 11.8. The molecule has 26 heavy (non-hydrogen) atoms.